The van der Waals surface area contributed by atoms with Gasteiger partial charge >= 0.3 is 0 Å². The maximum Gasteiger partial charge on any atom is 0.233 e. The summed E-state index contributed by atoms with van der Waals surface area (Å²) >= 11 is 0. The number of guanidine groups is 1. The van der Waals surface area contributed by atoms with Gasteiger partial charge in [0.1, 0.15) is 0 Å². The Kier molecular flexibility index (Phi) is 4.36. The van der Waals surface area contributed by atoms with Gasteiger partial charge in [-0.1, -0.05) is 5.16 Å². The van der Waals surface area contributed by atoms with Crippen LogP contribution < -0.4 is 5.73 Å². The Balaban J connectivity index is 4.10. The van der Waals surface area contributed by atoms with Crippen molar-refractivity contribution in [2.45, 2.75) is 19.9 Å². The summed E-state index contributed by atoms with van der Waals surface area (Å²) in [6, 6.07) is 0.123. The number of nitrogens with two attached hydrogens (primary N) is 1. The Morgan fingerprint density at radius 3 is 2.45 bits per heavy atom. The summed E-state index contributed by atoms with van der Waals surface area (Å²) < 4.78 is 0. The Labute approximate surface area is 66.1 Å². The molecule has 0 radical (unpaired) electrons. The summed E-state index contributed by atoms with van der Waals surface area (Å²) in [5, 5.41) is 19.8. The van der Waals surface area contributed by atoms with E-state index in [4.69, 9.17) is 16.0 Å². The van der Waals surface area contributed by atoms with Crippen molar-refractivity contribution in [3.05, 3.63) is 0 Å². The van der Waals surface area contributed by atoms with Gasteiger partial charge in [-0.2, -0.15) is 0 Å². The lowest BCUT2D eigenvalue weighted by molar-refractivity contribution is 0.220. The van der Waals surface area contributed by atoms with Crippen LogP contribution in [0.4, 0.5) is 0 Å². The highest BCUT2D eigenvalue weighted by Gasteiger charge is 2.10. The van der Waals surface area contributed by atoms with Gasteiger partial charge in [0.25, 0.3) is 0 Å². The molecular formula is C6H15N3O2. The Morgan fingerprint density at radius 1 is 1.64 bits per heavy atom. The van der Waals surface area contributed by atoms with Crippen molar-refractivity contribution in [1.29, 1.82) is 0 Å². The fourth-order valence-corrected chi connectivity index (χ4v) is 0.802. The second-order valence-corrected chi connectivity index (χ2v) is 2.47. The van der Waals surface area contributed by atoms with Crippen LogP contribution in [0.2, 0.25) is 0 Å². The Morgan fingerprint density at radius 2 is 2.18 bits per heavy atom. The maximum absolute atomic E-state index is 8.60. The fraction of sp³-hybridized carbons (Fsp3) is 0.833. The minimum absolute atomic E-state index is 0.00556. The molecule has 5 nitrogen and oxygen atoms in total. The minimum atomic E-state index is -0.00556. The minimum Gasteiger partial charge on any atom is -0.408 e. The van der Waals surface area contributed by atoms with E-state index >= 15 is 0 Å². The first-order chi connectivity index (χ1) is 5.13. The molecule has 0 bridgehead atoms. The van der Waals surface area contributed by atoms with Crippen molar-refractivity contribution < 1.29 is 10.3 Å². The van der Waals surface area contributed by atoms with Crippen molar-refractivity contribution >= 4 is 5.96 Å². The molecule has 0 aliphatic carbocycles. The standard InChI is InChI=1S/C6H15N3O2/c1-5(2)9(3-4-10)6(7)8-11/h5,10-11H,3-4H2,1-2H3,(H2,7,8). The molecule has 0 amide bonds. The molecule has 0 saturated heterocycles. The second kappa shape index (κ2) is 4.79. The molecule has 0 saturated carbocycles. The quantitative estimate of drug-likeness (QED) is 0.223. The van der Waals surface area contributed by atoms with Crippen LogP contribution in [-0.2, 0) is 0 Å². The molecule has 5 heteroatoms. The van der Waals surface area contributed by atoms with Crippen LogP contribution in [0.1, 0.15) is 13.8 Å². The summed E-state index contributed by atoms with van der Waals surface area (Å²) in [6.07, 6.45) is 0. The van der Waals surface area contributed by atoms with Gasteiger partial charge in [0, 0.05) is 12.6 Å². The first-order valence-electron chi connectivity index (χ1n) is 3.48. The Bertz CT molecular complexity index is 136. The van der Waals surface area contributed by atoms with Crippen molar-refractivity contribution in [3.63, 3.8) is 0 Å². The van der Waals surface area contributed by atoms with Gasteiger partial charge in [-0.3, -0.25) is 0 Å². The Hall–Kier alpha value is -0.970. The highest BCUT2D eigenvalue weighted by atomic mass is 16.4. The lowest BCUT2D eigenvalue weighted by Crippen LogP contribution is -2.43. The summed E-state index contributed by atoms with van der Waals surface area (Å²) in [5.74, 6) is 0.0362. The SMILES string of the molecule is CC(C)N(CCO)C(N)=NO. The molecule has 66 valence electrons. The number of rotatable bonds is 3. The van der Waals surface area contributed by atoms with E-state index in [9.17, 15) is 0 Å². The third-order valence-corrected chi connectivity index (χ3v) is 1.36. The molecule has 0 fully saturated rings. The molecule has 11 heavy (non-hydrogen) atoms. The molecule has 4 N–H and O–H groups in total. The van der Waals surface area contributed by atoms with Gasteiger partial charge in [-0.25, -0.2) is 0 Å². The monoisotopic (exact) mass is 161 g/mol. The second-order valence-electron chi connectivity index (χ2n) is 2.47. The average molecular weight is 161 g/mol. The lowest BCUT2D eigenvalue weighted by atomic mass is 10.3. The van der Waals surface area contributed by atoms with E-state index < -0.39 is 0 Å². The molecule has 0 unspecified atom stereocenters. The van der Waals surface area contributed by atoms with Crippen LogP contribution in [0, 0.1) is 0 Å². The zero-order valence-electron chi connectivity index (χ0n) is 6.86. The summed E-state index contributed by atoms with van der Waals surface area (Å²) in [4.78, 5) is 1.60. The topological polar surface area (TPSA) is 82.1 Å². The molecular weight excluding hydrogens is 146 g/mol. The molecule has 0 aliphatic heterocycles. The predicted molar refractivity (Wildman–Crippen MR) is 42.3 cm³/mol. The van der Waals surface area contributed by atoms with Crippen molar-refractivity contribution in [3.8, 4) is 0 Å². The van der Waals surface area contributed by atoms with E-state index in [1.54, 1.807) is 4.90 Å². The maximum atomic E-state index is 8.60. The van der Waals surface area contributed by atoms with Gasteiger partial charge in [-0.15, -0.1) is 0 Å². The van der Waals surface area contributed by atoms with E-state index in [0.29, 0.717) is 6.54 Å². The van der Waals surface area contributed by atoms with Crippen molar-refractivity contribution in [1.82, 2.24) is 4.90 Å². The summed E-state index contributed by atoms with van der Waals surface area (Å²) in [5.41, 5.74) is 5.32. The molecule has 0 aliphatic rings. The number of nitrogens with zero attached hydrogens (tertiary/aromatic N) is 2. The highest BCUT2D eigenvalue weighted by Crippen LogP contribution is 1.95. The lowest BCUT2D eigenvalue weighted by Gasteiger charge is -2.25. The number of hydrogen-bond donors (Lipinski definition) is 3. The number of aliphatic hydroxyl groups excluding tert-OH is 1. The fourth-order valence-electron chi connectivity index (χ4n) is 0.802. The van der Waals surface area contributed by atoms with Crippen LogP contribution in [0.25, 0.3) is 0 Å². The zero-order valence-corrected chi connectivity index (χ0v) is 6.86. The normalized spacial score (nSPS) is 12.2. The van der Waals surface area contributed by atoms with Crippen LogP contribution in [-0.4, -0.2) is 40.4 Å². The van der Waals surface area contributed by atoms with Gasteiger partial charge in [-0.05, 0) is 13.8 Å². The number of aliphatic hydroxyl groups is 1. The third kappa shape index (κ3) is 3.08. The van der Waals surface area contributed by atoms with E-state index in [1.165, 1.54) is 0 Å². The van der Waals surface area contributed by atoms with E-state index in [-0.39, 0.29) is 18.6 Å². The summed E-state index contributed by atoms with van der Waals surface area (Å²) in [7, 11) is 0. The van der Waals surface area contributed by atoms with Crippen molar-refractivity contribution in [2.24, 2.45) is 10.9 Å². The van der Waals surface area contributed by atoms with Gasteiger partial charge in [0.05, 0.1) is 6.61 Å². The van der Waals surface area contributed by atoms with Crippen LogP contribution in [0.3, 0.4) is 0 Å². The first-order valence-corrected chi connectivity index (χ1v) is 3.48. The van der Waals surface area contributed by atoms with Crippen molar-refractivity contribution in [2.75, 3.05) is 13.2 Å². The average Bonchev–Trinajstić information content (AvgIpc) is 1.98. The molecule has 0 atom stereocenters. The first kappa shape index (κ1) is 10.0. The number of hydrogen-bond acceptors (Lipinski definition) is 3. The molecule has 0 aromatic carbocycles. The van der Waals surface area contributed by atoms with Crippen LogP contribution in [0.15, 0.2) is 5.16 Å². The molecule has 0 heterocycles. The van der Waals surface area contributed by atoms with Crippen LogP contribution >= 0.6 is 0 Å². The highest BCUT2D eigenvalue weighted by molar-refractivity contribution is 5.77. The predicted octanol–water partition coefficient (Wildman–Crippen LogP) is -0.607. The van der Waals surface area contributed by atoms with Crippen LogP contribution in [0.5, 0.6) is 0 Å². The van der Waals surface area contributed by atoms with Gasteiger partial charge in [0.2, 0.25) is 5.96 Å². The molecule has 0 rings (SSSR count). The largest absolute Gasteiger partial charge is 0.408 e. The number of oxime groups is 1. The van der Waals surface area contributed by atoms with Gasteiger partial charge in [0.15, 0.2) is 0 Å². The zero-order chi connectivity index (χ0) is 8.85. The van der Waals surface area contributed by atoms with E-state index in [1.807, 2.05) is 13.8 Å². The van der Waals surface area contributed by atoms with Gasteiger partial charge < -0.3 is 20.9 Å². The molecule has 0 aromatic rings. The molecule has 0 aromatic heterocycles. The summed E-state index contributed by atoms with van der Waals surface area (Å²) in [6.45, 7) is 4.17. The van der Waals surface area contributed by atoms with E-state index in [2.05, 4.69) is 5.16 Å². The smallest absolute Gasteiger partial charge is 0.233 e. The molecule has 0 spiro atoms. The third-order valence-electron chi connectivity index (χ3n) is 1.36. The van der Waals surface area contributed by atoms with E-state index in [0.717, 1.165) is 0 Å².